The second-order valence-corrected chi connectivity index (χ2v) is 22.2. The highest BCUT2D eigenvalue weighted by Gasteiger charge is 2.42. The van der Waals surface area contributed by atoms with Crippen LogP contribution in [0.15, 0.2) is 41.3 Å². The molecule has 0 atom stereocenters. The Labute approximate surface area is 410 Å². The van der Waals surface area contributed by atoms with Crippen molar-refractivity contribution in [3.05, 3.63) is 58.7 Å². The van der Waals surface area contributed by atoms with Gasteiger partial charge in [-0.25, -0.2) is 0 Å². The van der Waals surface area contributed by atoms with Gasteiger partial charge in [0.2, 0.25) is 0 Å². The number of amides is 4. The number of imide groups is 2. The smallest absolute Gasteiger partial charge is 0.261 e. The molecule has 9 rings (SSSR count). The first-order chi connectivity index (χ1) is 33.4. The van der Waals surface area contributed by atoms with Crippen LogP contribution in [0.4, 0.5) is 0 Å². The fourth-order valence-electron chi connectivity index (χ4n) is 12.5. The Balaban J connectivity index is 1.12. The molecular formula is C60H78N2O5S. The van der Waals surface area contributed by atoms with Gasteiger partial charge < -0.3 is 4.74 Å². The number of carbonyl (C=O) groups is 4. The number of thioether (sulfide) groups is 1. The van der Waals surface area contributed by atoms with Crippen molar-refractivity contribution in [1.29, 1.82) is 0 Å². The number of carbonyl (C=O) groups excluding carboxylic acids is 4. The molecule has 8 heteroatoms. The molecule has 2 aliphatic heterocycles. The van der Waals surface area contributed by atoms with Crippen LogP contribution in [0.2, 0.25) is 0 Å². The molecule has 4 aliphatic rings. The summed E-state index contributed by atoms with van der Waals surface area (Å²) in [5.74, 6) is 0.786. The van der Waals surface area contributed by atoms with Crippen molar-refractivity contribution in [1.82, 2.24) is 9.80 Å². The Morgan fingerprint density at radius 3 is 1.35 bits per heavy atom. The largest absolute Gasteiger partial charge is 0.493 e. The molecule has 5 aromatic carbocycles. The molecule has 2 heterocycles. The van der Waals surface area contributed by atoms with Gasteiger partial charge in [0.1, 0.15) is 5.75 Å². The van der Waals surface area contributed by atoms with Gasteiger partial charge in [-0.3, -0.25) is 29.0 Å². The summed E-state index contributed by atoms with van der Waals surface area (Å²) in [5.41, 5.74) is 2.33. The normalized spacial score (nSPS) is 17.1. The fraction of sp³-hybridized carbons (Fsp3) is 0.600. The summed E-state index contributed by atoms with van der Waals surface area (Å²) in [6.45, 7) is 5.05. The molecule has 0 spiro atoms. The maximum absolute atomic E-state index is 14.9. The standard InChI is InChI=1S/C60H78N2O5S/c1-3-5-7-9-11-13-15-17-19-27-37-67-49-39-47-51-45(57(63)61(59(47)65)41-29-23-21-24-30-41)36-34-44-54-50(68-38-28-20-18-16-14-12-10-8-6-4-2)40-48-52-46(35-33-43(56(52)54)53(49)55(44)51)58(64)62(60(48)66)42-31-25-22-26-32-42/h33-36,39-42H,3-32,37-38H2,1-2H3. The average molecular weight is 939 g/mol. The lowest BCUT2D eigenvalue weighted by molar-refractivity contribution is 0.0487. The van der Waals surface area contributed by atoms with Crippen molar-refractivity contribution >= 4 is 78.5 Å². The van der Waals surface area contributed by atoms with Gasteiger partial charge in [-0.15, -0.1) is 11.8 Å². The first-order valence-electron chi connectivity index (χ1n) is 27.7. The molecule has 2 fully saturated rings. The van der Waals surface area contributed by atoms with E-state index in [-0.39, 0.29) is 35.7 Å². The third kappa shape index (κ3) is 9.92. The van der Waals surface area contributed by atoms with E-state index < -0.39 is 0 Å². The molecule has 0 bridgehead atoms. The Bertz CT molecular complexity index is 2410. The minimum atomic E-state index is -0.215. The zero-order valence-corrected chi connectivity index (χ0v) is 42.4. The number of unbranched alkanes of at least 4 members (excludes halogenated alkanes) is 18. The van der Waals surface area contributed by atoms with Crippen LogP contribution in [-0.2, 0) is 0 Å². The van der Waals surface area contributed by atoms with Crippen LogP contribution in [0.5, 0.6) is 5.75 Å². The summed E-state index contributed by atoms with van der Waals surface area (Å²) in [6, 6.07) is 11.9. The molecule has 0 saturated heterocycles. The van der Waals surface area contributed by atoms with Crippen LogP contribution in [0.1, 0.15) is 248 Å². The number of rotatable bonds is 26. The van der Waals surface area contributed by atoms with Crippen LogP contribution >= 0.6 is 11.8 Å². The Morgan fingerprint density at radius 1 is 0.441 bits per heavy atom. The predicted octanol–water partition coefficient (Wildman–Crippen LogP) is 16.9. The number of benzene rings is 5. The van der Waals surface area contributed by atoms with Gasteiger partial charge in [0.05, 0.1) is 12.2 Å². The maximum Gasteiger partial charge on any atom is 0.261 e. The lowest BCUT2D eigenvalue weighted by atomic mass is 9.81. The summed E-state index contributed by atoms with van der Waals surface area (Å²) in [5, 5.41) is 7.00. The third-order valence-corrected chi connectivity index (χ3v) is 17.3. The van der Waals surface area contributed by atoms with E-state index in [0.29, 0.717) is 40.0 Å². The van der Waals surface area contributed by atoms with Crippen LogP contribution in [0.3, 0.4) is 0 Å². The molecule has 7 nitrogen and oxygen atoms in total. The summed E-state index contributed by atoms with van der Waals surface area (Å²) in [4.78, 5) is 63.5. The first-order valence-corrected chi connectivity index (χ1v) is 28.7. The van der Waals surface area contributed by atoms with E-state index in [1.54, 1.807) is 9.80 Å². The Kier molecular flexibility index (Phi) is 16.6. The van der Waals surface area contributed by atoms with Crippen molar-refractivity contribution in [3.63, 3.8) is 0 Å². The molecule has 0 unspecified atom stereocenters. The number of nitrogens with zero attached hydrogens (tertiary/aromatic N) is 2. The summed E-state index contributed by atoms with van der Waals surface area (Å²) in [7, 11) is 0. The van der Waals surface area contributed by atoms with Crippen LogP contribution in [-0.4, -0.2) is 57.9 Å². The van der Waals surface area contributed by atoms with E-state index in [1.165, 1.54) is 109 Å². The van der Waals surface area contributed by atoms with Crippen molar-refractivity contribution in [2.45, 2.75) is 223 Å². The minimum Gasteiger partial charge on any atom is -0.493 e. The van der Waals surface area contributed by atoms with Crippen LogP contribution < -0.4 is 4.74 Å². The van der Waals surface area contributed by atoms with E-state index in [0.717, 1.165) is 132 Å². The second kappa shape index (κ2) is 23.2. The number of ether oxygens (including phenoxy) is 1. The topological polar surface area (TPSA) is 84.0 Å². The monoisotopic (exact) mass is 939 g/mol. The van der Waals surface area contributed by atoms with Crippen molar-refractivity contribution in [2.75, 3.05) is 12.4 Å². The summed E-state index contributed by atoms with van der Waals surface area (Å²) >= 11 is 1.82. The van der Waals surface area contributed by atoms with E-state index >= 15 is 0 Å². The maximum atomic E-state index is 14.9. The molecule has 4 amide bonds. The zero-order chi connectivity index (χ0) is 47.0. The van der Waals surface area contributed by atoms with Gasteiger partial charge in [-0.05, 0) is 79.3 Å². The van der Waals surface area contributed by atoms with Crippen LogP contribution in [0, 0.1) is 0 Å². The molecule has 2 aliphatic carbocycles. The van der Waals surface area contributed by atoms with E-state index in [1.807, 2.05) is 30.0 Å². The van der Waals surface area contributed by atoms with Gasteiger partial charge in [-0.2, -0.15) is 0 Å². The van der Waals surface area contributed by atoms with Crippen molar-refractivity contribution in [2.24, 2.45) is 0 Å². The van der Waals surface area contributed by atoms with Gasteiger partial charge in [0, 0.05) is 66.0 Å². The van der Waals surface area contributed by atoms with E-state index in [4.69, 9.17) is 4.74 Å². The molecule has 0 N–H and O–H groups in total. The quantitative estimate of drug-likeness (QED) is 0.0181. The van der Waals surface area contributed by atoms with Gasteiger partial charge in [0.25, 0.3) is 23.6 Å². The molecule has 68 heavy (non-hydrogen) atoms. The number of hydrogen-bond acceptors (Lipinski definition) is 6. The lowest BCUT2D eigenvalue weighted by Gasteiger charge is -2.37. The Hall–Kier alpha value is -4.17. The summed E-state index contributed by atoms with van der Waals surface area (Å²) < 4.78 is 6.92. The highest BCUT2D eigenvalue weighted by molar-refractivity contribution is 7.99. The minimum absolute atomic E-state index is 0.0899. The molecule has 5 aromatic rings. The second-order valence-electron chi connectivity index (χ2n) is 21.0. The number of hydrogen-bond donors (Lipinski definition) is 0. The zero-order valence-electron chi connectivity index (χ0n) is 41.6. The molecule has 0 aromatic heterocycles. The predicted molar refractivity (Wildman–Crippen MR) is 282 cm³/mol. The molecule has 0 radical (unpaired) electrons. The number of fused-ring (bicyclic) bond motifs is 2. The van der Waals surface area contributed by atoms with Crippen LogP contribution in [0.25, 0.3) is 43.1 Å². The van der Waals surface area contributed by atoms with Crippen molar-refractivity contribution in [3.8, 4) is 5.75 Å². The van der Waals surface area contributed by atoms with Gasteiger partial charge in [-0.1, -0.05) is 180 Å². The molecule has 364 valence electrons. The molecular weight excluding hydrogens is 861 g/mol. The highest BCUT2D eigenvalue weighted by Crippen LogP contribution is 2.52. The SMILES string of the molecule is CCCCCCCCCCCCOc1cc2c3c(ccc4c5c(SCCCCCCCCCCCC)cc6c7c(ccc(c1c34)c75)C(=O)N(C1CCCCC1)C6=O)C(=O)N(C1CCCCC1)C2=O. The van der Waals surface area contributed by atoms with E-state index in [2.05, 4.69) is 32.0 Å². The van der Waals surface area contributed by atoms with Crippen molar-refractivity contribution < 1.29 is 23.9 Å². The van der Waals surface area contributed by atoms with E-state index in [9.17, 15) is 19.2 Å². The summed E-state index contributed by atoms with van der Waals surface area (Å²) in [6.07, 6.45) is 34.7. The average Bonchev–Trinajstić information content (AvgIpc) is 3.36. The molecule has 2 saturated carbocycles. The lowest BCUT2D eigenvalue weighted by Crippen LogP contribution is -2.48. The fourth-order valence-corrected chi connectivity index (χ4v) is 13.7. The van der Waals surface area contributed by atoms with Gasteiger partial charge >= 0.3 is 0 Å². The highest BCUT2D eigenvalue weighted by atomic mass is 32.2. The first kappa shape index (κ1) is 48.8. The Morgan fingerprint density at radius 2 is 0.853 bits per heavy atom. The third-order valence-electron chi connectivity index (χ3n) is 16.2. The van der Waals surface area contributed by atoms with Gasteiger partial charge in [0.15, 0.2) is 0 Å².